The number of alkyl halides is 1. The molecule has 4 rings (SSSR count). The molecule has 1 aliphatic heterocycles. The predicted molar refractivity (Wildman–Crippen MR) is 121 cm³/mol. The molecule has 0 bridgehead atoms. The van der Waals surface area contributed by atoms with E-state index in [0.29, 0.717) is 11.6 Å². The number of anilines is 3. The maximum Gasteiger partial charge on any atom is 0.275 e. The van der Waals surface area contributed by atoms with E-state index < -0.39 is 12.6 Å². The molecule has 1 N–H and O–H groups in total. The molecule has 0 aromatic carbocycles. The number of ether oxygens (including phenoxy) is 1. The Morgan fingerprint density at radius 2 is 1.97 bits per heavy atom. The second kappa shape index (κ2) is 10.2. The molecule has 0 aliphatic carbocycles. The van der Waals surface area contributed by atoms with Gasteiger partial charge in [-0.2, -0.15) is 0 Å². The number of halogens is 1. The van der Waals surface area contributed by atoms with Crippen LogP contribution in [0.4, 0.5) is 21.8 Å². The molecule has 4 heterocycles. The van der Waals surface area contributed by atoms with Crippen molar-refractivity contribution in [3.05, 3.63) is 54.4 Å². The average Bonchev–Trinajstić information content (AvgIpc) is 2.83. The molecule has 3 aromatic heterocycles. The minimum absolute atomic E-state index is 0.0983. The van der Waals surface area contributed by atoms with Gasteiger partial charge in [-0.15, -0.1) is 0 Å². The maximum absolute atomic E-state index is 12.4. The molecule has 1 atom stereocenters. The summed E-state index contributed by atoms with van der Waals surface area (Å²) in [5.74, 6) is 1.28. The standard InChI is InChI=1S/C22H25FN8O2/c1-15-4-3-5-19(28-15)30-7-8-31(16(2)14-30)22-26-10-17(11-27-22)29-21(32)18-12-25-20(13-24-18)33-9-6-23/h3-5,10-13,16H,6-9,14H2,1-2H3,(H,29,32)/t16-/m0/s1. The molecule has 33 heavy (non-hydrogen) atoms. The number of piperazine rings is 1. The van der Waals surface area contributed by atoms with Crippen molar-refractivity contribution in [3.8, 4) is 5.88 Å². The summed E-state index contributed by atoms with van der Waals surface area (Å²) in [6.07, 6.45) is 5.67. The minimum atomic E-state index is -0.627. The zero-order valence-corrected chi connectivity index (χ0v) is 18.5. The minimum Gasteiger partial charge on any atom is -0.474 e. The highest BCUT2D eigenvalue weighted by Crippen LogP contribution is 2.21. The molecule has 11 heteroatoms. The monoisotopic (exact) mass is 452 g/mol. The lowest BCUT2D eigenvalue weighted by Crippen LogP contribution is -2.53. The first kappa shape index (κ1) is 22.3. The number of aryl methyl sites for hydroxylation is 1. The van der Waals surface area contributed by atoms with Gasteiger partial charge in [0.1, 0.15) is 24.8 Å². The van der Waals surface area contributed by atoms with Crippen molar-refractivity contribution >= 4 is 23.4 Å². The van der Waals surface area contributed by atoms with E-state index >= 15 is 0 Å². The third-order valence-corrected chi connectivity index (χ3v) is 5.17. The number of amides is 1. The number of nitrogens with zero attached hydrogens (tertiary/aromatic N) is 7. The van der Waals surface area contributed by atoms with Crippen LogP contribution in [-0.4, -0.2) is 69.8 Å². The van der Waals surface area contributed by atoms with E-state index in [0.717, 1.165) is 31.1 Å². The van der Waals surface area contributed by atoms with E-state index in [1.807, 2.05) is 25.1 Å². The van der Waals surface area contributed by atoms with Crippen LogP contribution in [0.2, 0.25) is 0 Å². The molecule has 3 aromatic rings. The first-order valence-electron chi connectivity index (χ1n) is 10.6. The number of hydrogen-bond donors (Lipinski definition) is 1. The van der Waals surface area contributed by atoms with E-state index in [1.165, 1.54) is 12.4 Å². The van der Waals surface area contributed by atoms with Crippen molar-refractivity contribution in [2.45, 2.75) is 19.9 Å². The summed E-state index contributed by atoms with van der Waals surface area (Å²) in [6.45, 7) is 5.76. The summed E-state index contributed by atoms with van der Waals surface area (Å²) >= 11 is 0. The molecular weight excluding hydrogens is 427 g/mol. The van der Waals surface area contributed by atoms with Crippen LogP contribution in [0, 0.1) is 6.92 Å². The molecule has 172 valence electrons. The average molecular weight is 452 g/mol. The molecule has 0 spiro atoms. The van der Waals surface area contributed by atoms with Crippen molar-refractivity contribution in [1.82, 2.24) is 24.9 Å². The fraction of sp³-hybridized carbons (Fsp3) is 0.364. The van der Waals surface area contributed by atoms with Gasteiger partial charge in [-0.1, -0.05) is 6.07 Å². The zero-order chi connectivity index (χ0) is 23.2. The van der Waals surface area contributed by atoms with Crippen molar-refractivity contribution < 1.29 is 13.9 Å². The number of rotatable bonds is 7. The Kier molecular flexibility index (Phi) is 6.86. The van der Waals surface area contributed by atoms with Crippen molar-refractivity contribution in [2.24, 2.45) is 0 Å². The number of carbonyl (C=O) groups is 1. The third kappa shape index (κ3) is 5.48. The summed E-state index contributed by atoms with van der Waals surface area (Å²) in [4.78, 5) is 38.2. The first-order valence-corrected chi connectivity index (χ1v) is 10.6. The lowest BCUT2D eigenvalue weighted by Gasteiger charge is -2.40. The maximum atomic E-state index is 12.4. The van der Waals surface area contributed by atoms with Crippen LogP contribution >= 0.6 is 0 Å². The number of nitrogens with one attached hydrogen (secondary N) is 1. The highest BCUT2D eigenvalue weighted by molar-refractivity contribution is 6.02. The summed E-state index contributed by atoms with van der Waals surface area (Å²) in [7, 11) is 0. The lowest BCUT2D eigenvalue weighted by molar-refractivity contribution is 0.102. The highest BCUT2D eigenvalue weighted by atomic mass is 19.1. The molecule has 1 amide bonds. The molecule has 0 radical (unpaired) electrons. The van der Waals surface area contributed by atoms with Crippen LogP contribution in [0.1, 0.15) is 23.1 Å². The largest absolute Gasteiger partial charge is 0.474 e. The van der Waals surface area contributed by atoms with Crippen LogP contribution in [0.5, 0.6) is 5.88 Å². The van der Waals surface area contributed by atoms with Gasteiger partial charge in [0.15, 0.2) is 0 Å². The Bertz CT molecular complexity index is 1080. The Labute approximate surface area is 190 Å². The molecule has 10 nitrogen and oxygen atoms in total. The Morgan fingerprint density at radius 1 is 1.15 bits per heavy atom. The summed E-state index contributed by atoms with van der Waals surface area (Å²) < 4.78 is 17.2. The summed E-state index contributed by atoms with van der Waals surface area (Å²) in [5, 5.41) is 2.69. The van der Waals surface area contributed by atoms with Crippen LogP contribution in [0.3, 0.4) is 0 Å². The van der Waals surface area contributed by atoms with E-state index in [2.05, 4.69) is 47.0 Å². The van der Waals surface area contributed by atoms with Crippen LogP contribution in [0.15, 0.2) is 43.0 Å². The SMILES string of the molecule is Cc1cccc(N2CCN(c3ncc(NC(=O)c4cnc(OCCF)cn4)cn3)[C@@H](C)C2)n1. The fourth-order valence-electron chi connectivity index (χ4n) is 3.55. The third-order valence-electron chi connectivity index (χ3n) is 5.17. The number of carbonyl (C=O) groups excluding carboxylic acids is 1. The number of aromatic nitrogens is 5. The number of hydrogen-bond acceptors (Lipinski definition) is 9. The van der Waals surface area contributed by atoms with E-state index in [4.69, 9.17) is 4.74 Å². The summed E-state index contributed by atoms with van der Waals surface area (Å²) in [5.41, 5.74) is 1.54. The van der Waals surface area contributed by atoms with Crippen molar-refractivity contribution in [2.75, 3.05) is 48.0 Å². The first-order chi connectivity index (χ1) is 16.0. The van der Waals surface area contributed by atoms with Gasteiger partial charge in [0, 0.05) is 31.4 Å². The van der Waals surface area contributed by atoms with Crippen LogP contribution < -0.4 is 19.9 Å². The van der Waals surface area contributed by atoms with Gasteiger partial charge in [0.05, 0.1) is 30.5 Å². The molecule has 1 fully saturated rings. The van der Waals surface area contributed by atoms with Crippen molar-refractivity contribution in [3.63, 3.8) is 0 Å². The Hall–Kier alpha value is -3.89. The van der Waals surface area contributed by atoms with E-state index in [9.17, 15) is 9.18 Å². The quantitative estimate of drug-likeness (QED) is 0.577. The van der Waals surface area contributed by atoms with Crippen LogP contribution in [0.25, 0.3) is 0 Å². The zero-order valence-electron chi connectivity index (χ0n) is 18.5. The molecule has 1 aliphatic rings. The van der Waals surface area contributed by atoms with Gasteiger partial charge in [-0.25, -0.2) is 29.3 Å². The lowest BCUT2D eigenvalue weighted by atomic mass is 10.2. The van der Waals surface area contributed by atoms with Gasteiger partial charge in [-0.05, 0) is 26.0 Å². The smallest absolute Gasteiger partial charge is 0.275 e. The Balaban J connectivity index is 1.35. The molecular formula is C22H25FN8O2. The van der Waals surface area contributed by atoms with Crippen LogP contribution in [-0.2, 0) is 0 Å². The van der Waals surface area contributed by atoms with Gasteiger partial charge >= 0.3 is 0 Å². The molecule has 1 saturated heterocycles. The Morgan fingerprint density at radius 3 is 2.64 bits per heavy atom. The van der Waals surface area contributed by atoms with Gasteiger partial charge in [0.2, 0.25) is 11.8 Å². The predicted octanol–water partition coefficient (Wildman–Crippen LogP) is 2.29. The fourth-order valence-corrected chi connectivity index (χ4v) is 3.55. The van der Waals surface area contributed by atoms with E-state index in [-0.39, 0.29) is 24.2 Å². The normalized spacial score (nSPS) is 15.9. The van der Waals surface area contributed by atoms with Gasteiger partial charge in [0.25, 0.3) is 5.91 Å². The topological polar surface area (TPSA) is 109 Å². The highest BCUT2D eigenvalue weighted by Gasteiger charge is 2.26. The summed E-state index contributed by atoms with van der Waals surface area (Å²) in [6, 6.07) is 6.22. The van der Waals surface area contributed by atoms with Crippen molar-refractivity contribution in [1.29, 1.82) is 0 Å². The van der Waals surface area contributed by atoms with Gasteiger partial charge in [-0.3, -0.25) is 4.79 Å². The van der Waals surface area contributed by atoms with E-state index in [1.54, 1.807) is 12.4 Å². The second-order valence-electron chi connectivity index (χ2n) is 7.63. The molecule has 0 saturated carbocycles. The molecule has 0 unspecified atom stereocenters. The number of pyridine rings is 1. The second-order valence-corrected chi connectivity index (χ2v) is 7.63. The van der Waals surface area contributed by atoms with Gasteiger partial charge < -0.3 is 19.9 Å².